The quantitative estimate of drug-likeness (QED) is 0.559. The molecule has 0 atom stereocenters. The van der Waals surface area contributed by atoms with Crippen molar-refractivity contribution in [2.75, 3.05) is 42.5 Å². The zero-order valence-corrected chi connectivity index (χ0v) is 19.7. The zero-order chi connectivity index (χ0) is 24.0. The summed E-state index contributed by atoms with van der Waals surface area (Å²) in [4.78, 5) is 37.3. The molecule has 1 saturated carbocycles. The lowest BCUT2D eigenvalue weighted by Gasteiger charge is -2.37. The number of benzene rings is 1. The predicted octanol–water partition coefficient (Wildman–Crippen LogP) is 1.63. The summed E-state index contributed by atoms with van der Waals surface area (Å²) >= 11 is 0. The second-order valence-corrected chi connectivity index (χ2v) is 7.71. The molecule has 0 unspecified atom stereocenters. The number of ether oxygens (including phenoxy) is 1. The van der Waals surface area contributed by atoms with Crippen LogP contribution in [0.5, 0.6) is 5.75 Å². The Hall–Kier alpha value is -3.24. The molecular weight excluding hydrogens is 424 g/mol. The van der Waals surface area contributed by atoms with Crippen molar-refractivity contribution >= 4 is 35.0 Å². The van der Waals surface area contributed by atoms with E-state index in [0.29, 0.717) is 41.2 Å². The Labute approximate surface area is 194 Å². The molecule has 1 aromatic carbocycles. The van der Waals surface area contributed by atoms with Crippen LogP contribution in [0.2, 0.25) is 0 Å². The first-order valence-corrected chi connectivity index (χ1v) is 11.4. The summed E-state index contributed by atoms with van der Waals surface area (Å²) in [6.45, 7) is 3.99. The summed E-state index contributed by atoms with van der Waals surface area (Å²) in [5, 5.41) is 13.3. The highest BCUT2D eigenvalue weighted by atomic mass is 16.5. The van der Waals surface area contributed by atoms with Gasteiger partial charge in [-0.25, -0.2) is 9.78 Å². The number of nitrogens with zero attached hydrogens (tertiary/aromatic N) is 4. The normalized spacial score (nSPS) is 15.6. The highest BCUT2D eigenvalue weighted by Crippen LogP contribution is 2.37. The average molecular weight is 458 g/mol. The third kappa shape index (κ3) is 5.23. The Kier molecular flexibility index (Phi) is 8.18. The lowest BCUT2D eigenvalue weighted by atomic mass is 10.1. The number of aromatic nitrogens is 2. The number of quaternary nitrogens is 1. The van der Waals surface area contributed by atoms with Crippen molar-refractivity contribution < 1.29 is 24.7 Å². The molecule has 178 valence electrons. The second kappa shape index (κ2) is 11.1. The van der Waals surface area contributed by atoms with Crippen molar-refractivity contribution in [2.24, 2.45) is 0 Å². The van der Waals surface area contributed by atoms with E-state index in [1.165, 1.54) is 12.4 Å². The maximum absolute atomic E-state index is 12.5. The first-order valence-electron chi connectivity index (χ1n) is 11.4. The molecule has 1 aliphatic carbocycles. The summed E-state index contributed by atoms with van der Waals surface area (Å²) in [5.74, 6) is 1.33. The van der Waals surface area contributed by atoms with Gasteiger partial charge < -0.3 is 25.0 Å². The molecule has 0 spiro atoms. The Morgan fingerprint density at radius 3 is 2.70 bits per heavy atom. The average Bonchev–Trinajstić information content (AvgIpc) is 3.38. The molecule has 2 aromatic rings. The van der Waals surface area contributed by atoms with Crippen LogP contribution in [0.3, 0.4) is 0 Å². The van der Waals surface area contributed by atoms with E-state index in [1.807, 2.05) is 13.8 Å². The first-order chi connectivity index (χ1) is 16.0. The molecule has 2 amide bonds. The molecule has 4 N–H and O–H groups in total. The van der Waals surface area contributed by atoms with Crippen molar-refractivity contribution in [3.63, 3.8) is 0 Å². The van der Waals surface area contributed by atoms with Gasteiger partial charge in [0.05, 0.1) is 31.1 Å². The Balaban J connectivity index is 0.00000149. The van der Waals surface area contributed by atoms with Crippen LogP contribution in [0.1, 0.15) is 49.9 Å². The van der Waals surface area contributed by atoms with Gasteiger partial charge in [0, 0.05) is 13.1 Å². The number of primary amides is 1. The van der Waals surface area contributed by atoms with E-state index in [1.54, 1.807) is 36.3 Å². The fraction of sp³-hybridized carbons (Fsp3) is 0.478. The molecular formula is C23H33N6O4+. The summed E-state index contributed by atoms with van der Waals surface area (Å²) in [7, 11) is 3.26. The molecule has 1 fully saturated rings. The molecule has 0 bridgehead atoms. The minimum atomic E-state index is -0.321. The van der Waals surface area contributed by atoms with Crippen LogP contribution in [0.15, 0.2) is 24.4 Å². The van der Waals surface area contributed by atoms with Gasteiger partial charge in [0.1, 0.15) is 11.4 Å². The molecule has 0 saturated heterocycles. The molecule has 1 aromatic heterocycles. The summed E-state index contributed by atoms with van der Waals surface area (Å²) in [6, 6.07) is 5.27. The van der Waals surface area contributed by atoms with Gasteiger partial charge in [-0.05, 0) is 31.0 Å². The number of fused-ring (bicyclic) bond motifs is 1. The predicted molar refractivity (Wildman–Crippen MR) is 126 cm³/mol. The lowest BCUT2D eigenvalue weighted by Crippen LogP contribution is -2.88. The van der Waals surface area contributed by atoms with E-state index in [2.05, 4.69) is 15.2 Å². The molecule has 10 heteroatoms. The van der Waals surface area contributed by atoms with E-state index < -0.39 is 0 Å². The van der Waals surface area contributed by atoms with E-state index in [0.717, 1.165) is 31.5 Å². The number of amides is 2. The van der Waals surface area contributed by atoms with Gasteiger partial charge in [-0.2, -0.15) is 4.98 Å². The zero-order valence-electron chi connectivity index (χ0n) is 19.7. The number of rotatable bonds is 6. The van der Waals surface area contributed by atoms with Crippen molar-refractivity contribution in [1.29, 1.82) is 0 Å². The van der Waals surface area contributed by atoms with Gasteiger partial charge in [-0.3, -0.25) is 10.1 Å². The van der Waals surface area contributed by atoms with Crippen LogP contribution in [-0.4, -0.2) is 60.4 Å². The molecule has 33 heavy (non-hydrogen) atoms. The molecule has 4 rings (SSSR count). The van der Waals surface area contributed by atoms with Crippen LogP contribution in [0.4, 0.5) is 23.1 Å². The summed E-state index contributed by atoms with van der Waals surface area (Å²) < 4.78 is 5.42. The fourth-order valence-electron chi connectivity index (χ4n) is 4.12. The number of nitrogens with one attached hydrogen (secondary N) is 1. The molecule has 2 aliphatic rings. The van der Waals surface area contributed by atoms with E-state index in [9.17, 15) is 9.59 Å². The minimum absolute atomic E-state index is 0.0327. The number of nitrogens with two attached hydrogens (primary N) is 1. The standard InChI is InChI=1S/C21H26N6O4.C2H6/c1-26-16-10-22-21(25-19(16)27(11-18(26)29)14-5-3-4-6-14)24-15-8-7-13(9-17(15)31-2)20(30)23-12-28;1-2/h7-10,14,28H,3-6,11-12H2,1-2H3,(H,23,30)(H,22,24,25);1-2H3/p+1. The third-order valence-electron chi connectivity index (χ3n) is 5.84. The maximum Gasteiger partial charge on any atom is 0.344 e. The van der Waals surface area contributed by atoms with Crippen LogP contribution < -0.4 is 25.2 Å². The smallest absolute Gasteiger partial charge is 0.344 e. The van der Waals surface area contributed by atoms with Crippen molar-refractivity contribution in [2.45, 2.75) is 45.6 Å². The van der Waals surface area contributed by atoms with Gasteiger partial charge in [0.15, 0.2) is 12.5 Å². The SMILES string of the molecule is CC.COc1cc(C(=O)[NH2+]CO)ccc1Nc1ncc2c(n1)N(C1CCCC1)CC(=O)N2C. The van der Waals surface area contributed by atoms with Crippen LogP contribution >= 0.6 is 0 Å². The number of methoxy groups -OCH3 is 1. The number of hydrogen-bond acceptors (Lipinski definition) is 8. The largest absolute Gasteiger partial charge is 0.495 e. The van der Waals surface area contributed by atoms with Gasteiger partial charge in [-0.15, -0.1) is 0 Å². The van der Waals surface area contributed by atoms with Crippen LogP contribution in [-0.2, 0) is 4.79 Å². The molecule has 2 heterocycles. The van der Waals surface area contributed by atoms with E-state index >= 15 is 0 Å². The Bertz CT molecular complexity index is 993. The number of hydrogen-bond donors (Lipinski definition) is 3. The maximum atomic E-state index is 12.5. The van der Waals surface area contributed by atoms with Crippen molar-refractivity contribution in [3.05, 3.63) is 30.0 Å². The van der Waals surface area contributed by atoms with E-state index in [-0.39, 0.29) is 18.5 Å². The summed E-state index contributed by atoms with van der Waals surface area (Å²) in [5.41, 5.74) is 1.71. The van der Waals surface area contributed by atoms with Gasteiger partial charge in [0.25, 0.3) is 0 Å². The lowest BCUT2D eigenvalue weighted by molar-refractivity contribution is -0.590. The topological polar surface area (TPSA) is 124 Å². The van der Waals surface area contributed by atoms with E-state index in [4.69, 9.17) is 14.8 Å². The third-order valence-corrected chi connectivity index (χ3v) is 5.84. The number of likely N-dealkylation sites (N-methyl/N-ethyl adjacent to an activating group) is 1. The monoisotopic (exact) mass is 457 g/mol. The number of aliphatic hydroxyl groups is 1. The first kappa shape index (κ1) is 24.4. The summed E-state index contributed by atoms with van der Waals surface area (Å²) in [6.07, 6.45) is 6.08. The molecule has 10 nitrogen and oxygen atoms in total. The Morgan fingerprint density at radius 1 is 1.30 bits per heavy atom. The van der Waals surface area contributed by atoms with Crippen molar-refractivity contribution in [3.8, 4) is 5.75 Å². The highest BCUT2D eigenvalue weighted by Gasteiger charge is 2.34. The minimum Gasteiger partial charge on any atom is -0.495 e. The number of carbonyl (C=O) groups is 2. The van der Waals surface area contributed by atoms with Gasteiger partial charge in [-0.1, -0.05) is 26.7 Å². The number of anilines is 4. The Morgan fingerprint density at radius 2 is 2.03 bits per heavy atom. The molecule has 0 radical (unpaired) electrons. The van der Waals surface area contributed by atoms with Crippen LogP contribution in [0, 0.1) is 0 Å². The fourth-order valence-corrected chi connectivity index (χ4v) is 4.12. The highest BCUT2D eigenvalue weighted by molar-refractivity contribution is 6.02. The van der Waals surface area contributed by atoms with Crippen molar-refractivity contribution in [1.82, 2.24) is 9.97 Å². The van der Waals surface area contributed by atoms with Gasteiger partial charge >= 0.3 is 5.91 Å². The number of aliphatic hydroxyl groups excluding tert-OH is 1. The van der Waals surface area contributed by atoms with Crippen LogP contribution in [0.25, 0.3) is 0 Å². The van der Waals surface area contributed by atoms with Gasteiger partial charge in [0.2, 0.25) is 11.9 Å². The molecule has 1 aliphatic heterocycles. The second-order valence-electron chi connectivity index (χ2n) is 7.71. The number of carbonyl (C=O) groups excluding carboxylic acids is 2.